The van der Waals surface area contributed by atoms with Crippen LogP contribution in [0.4, 0.5) is 0 Å². The van der Waals surface area contributed by atoms with Crippen LogP contribution in [-0.4, -0.2) is 29.1 Å². The summed E-state index contributed by atoms with van der Waals surface area (Å²) in [5.74, 6) is 1.34. The van der Waals surface area contributed by atoms with Crippen molar-refractivity contribution in [3.63, 3.8) is 0 Å². The zero-order chi connectivity index (χ0) is 69.5. The van der Waals surface area contributed by atoms with Gasteiger partial charge in [0.15, 0.2) is 17.5 Å². The molecule has 0 saturated heterocycles. The highest BCUT2D eigenvalue weighted by atomic mass is 15.0. The average molecular weight is 1300 g/mol. The fourth-order valence-corrected chi connectivity index (χ4v) is 13.7. The Bertz CT molecular complexity index is 6280. The molecule has 0 radical (unpaired) electrons. The first-order valence-electron chi connectivity index (χ1n) is 32.2. The van der Waals surface area contributed by atoms with Crippen molar-refractivity contribution in [1.29, 1.82) is 42.1 Å². The fourth-order valence-electron chi connectivity index (χ4n) is 13.7. The van der Waals surface area contributed by atoms with E-state index >= 15 is 0 Å². The smallest absolute Gasteiger partial charge is 0.164 e. The van der Waals surface area contributed by atoms with E-state index in [1.165, 1.54) is 0 Å². The van der Waals surface area contributed by atoms with Crippen LogP contribution in [0.1, 0.15) is 44.5 Å². The van der Waals surface area contributed by atoms with Gasteiger partial charge in [0.25, 0.3) is 0 Å². The minimum absolute atomic E-state index is 0.327. The van der Waals surface area contributed by atoms with Crippen molar-refractivity contribution in [2.24, 2.45) is 0 Å². The van der Waals surface area contributed by atoms with Gasteiger partial charge < -0.3 is 9.13 Å². The molecule has 16 aromatic rings. The highest BCUT2D eigenvalue weighted by molar-refractivity contribution is 6.14. The van der Waals surface area contributed by atoms with Crippen molar-refractivity contribution in [3.05, 3.63) is 312 Å². The Hall–Kier alpha value is -15.7. The predicted molar refractivity (Wildman–Crippen MR) is 393 cm³/mol. The van der Waals surface area contributed by atoms with Gasteiger partial charge in [-0.3, -0.25) is 4.98 Å². The second-order valence-electron chi connectivity index (χ2n) is 24.3. The third-order valence-corrected chi connectivity index (χ3v) is 18.6. The number of rotatable bonds is 11. The van der Waals surface area contributed by atoms with E-state index in [1.54, 1.807) is 79.0 Å². The SMILES string of the molecule is N#Cc1ccc(-c2ccc3c(c2)c2cc(-c4ccc(C#N)cc4C#N)ccc2n3-c2cc(-c3cccnc3)ccc2-c2ccc(-c3nc(-c4ccccc4)nc(-c4ccccc4)n3)cc2-n2c3ccc(-c4ccc(C#N)cc4C#N)cc3c3cc(-c4ccc(C#N)cc4C#N)ccc32)c(C#N)c1. The summed E-state index contributed by atoms with van der Waals surface area (Å²) in [4.78, 5) is 20.2. The van der Waals surface area contributed by atoms with Crippen molar-refractivity contribution in [2.75, 3.05) is 0 Å². The largest absolute Gasteiger partial charge is 0.309 e. The molecule has 4 heterocycles. The Balaban J connectivity index is 1.02. The Morgan fingerprint density at radius 1 is 0.235 bits per heavy atom. The molecular weight excluding hydrogens is 1250 g/mol. The van der Waals surface area contributed by atoms with E-state index < -0.39 is 0 Å². The van der Waals surface area contributed by atoms with Crippen molar-refractivity contribution in [2.45, 2.75) is 0 Å². The molecule has 0 bridgehead atoms. The summed E-state index contributed by atoms with van der Waals surface area (Å²) in [6.45, 7) is 0. The molecule has 0 saturated carbocycles. The number of nitriles is 8. The lowest BCUT2D eigenvalue weighted by molar-refractivity contribution is 1.07. The number of fused-ring (bicyclic) bond motifs is 6. The number of hydrogen-bond donors (Lipinski definition) is 0. The van der Waals surface area contributed by atoms with Gasteiger partial charge in [-0.2, -0.15) is 42.1 Å². The lowest BCUT2D eigenvalue weighted by Crippen LogP contribution is -2.04. The topological polar surface area (TPSA) is 252 Å². The van der Waals surface area contributed by atoms with Crippen molar-refractivity contribution >= 4 is 43.6 Å². The van der Waals surface area contributed by atoms with Crippen LogP contribution in [-0.2, 0) is 0 Å². The molecule has 0 aliphatic rings. The van der Waals surface area contributed by atoms with Gasteiger partial charge in [-0.05, 0) is 165 Å². The molecule has 16 rings (SSSR count). The molecule has 14 nitrogen and oxygen atoms in total. The molecule has 12 aromatic carbocycles. The average Bonchev–Trinajstić information content (AvgIpc) is 1.58. The van der Waals surface area contributed by atoms with Gasteiger partial charge in [-0.1, -0.05) is 140 Å². The van der Waals surface area contributed by atoms with Gasteiger partial charge in [0.05, 0.1) is 127 Å². The van der Waals surface area contributed by atoms with E-state index in [9.17, 15) is 42.1 Å². The third-order valence-electron chi connectivity index (χ3n) is 18.6. The number of hydrogen-bond acceptors (Lipinski definition) is 12. The minimum Gasteiger partial charge on any atom is -0.309 e. The summed E-state index contributed by atoms with van der Waals surface area (Å²) in [6.07, 6.45) is 3.57. The van der Waals surface area contributed by atoms with E-state index in [-0.39, 0.29) is 0 Å². The molecular formula is C88H44N14. The number of benzene rings is 12. The summed E-state index contributed by atoms with van der Waals surface area (Å²) < 4.78 is 4.46. The second-order valence-corrected chi connectivity index (χ2v) is 24.3. The van der Waals surface area contributed by atoms with Crippen LogP contribution in [0.5, 0.6) is 0 Å². The standard InChI is InChI=1S/C88H44N14/c89-44-53-13-23-70(66(34-53)48-93)60-19-29-80-76(38-60)77-39-61(71-24-14-54(45-90)35-67(71)49-94)20-30-81(77)101(80)84-42-59(65-12-7-33-97-52-65)17-27-74(84)75-28-18-64(88-99-86(57-8-3-1-4-9-57)98-87(100-88)58-10-5-2-6-11-58)43-85(75)102-82-31-21-62(72-25-15-55(46-91)36-68(72)50-95)40-78(82)79-41-63(22-32-83(79)102)73-26-16-56(47-92)37-69(73)51-96/h1-43,52H. The van der Waals surface area contributed by atoms with E-state index in [0.717, 1.165) is 105 Å². The lowest BCUT2D eigenvalue weighted by Gasteiger charge is -2.21. The van der Waals surface area contributed by atoms with Crippen LogP contribution in [0.15, 0.2) is 267 Å². The molecule has 466 valence electrons. The molecule has 0 unspecified atom stereocenters. The van der Waals surface area contributed by atoms with Gasteiger partial charge in [-0.15, -0.1) is 0 Å². The van der Waals surface area contributed by atoms with Crippen molar-refractivity contribution in [3.8, 4) is 161 Å². The summed E-state index contributed by atoms with van der Waals surface area (Å²) in [5.41, 5.74) is 18.3. The third kappa shape index (κ3) is 10.7. The monoisotopic (exact) mass is 1300 g/mol. The molecule has 0 spiro atoms. The highest BCUT2D eigenvalue weighted by Crippen LogP contribution is 2.47. The van der Waals surface area contributed by atoms with Crippen LogP contribution in [0.25, 0.3) is 156 Å². The Labute approximate surface area is 584 Å². The quantitative estimate of drug-likeness (QED) is 0.117. The summed E-state index contributed by atoms with van der Waals surface area (Å²) >= 11 is 0. The van der Waals surface area contributed by atoms with Gasteiger partial charge >= 0.3 is 0 Å². The normalized spacial score (nSPS) is 10.9. The maximum atomic E-state index is 10.6. The van der Waals surface area contributed by atoms with Gasteiger partial charge in [0.1, 0.15) is 0 Å². The van der Waals surface area contributed by atoms with E-state index in [0.29, 0.717) is 95.5 Å². The fraction of sp³-hybridized carbons (Fsp3) is 0. The first-order chi connectivity index (χ1) is 50.2. The van der Waals surface area contributed by atoms with E-state index in [4.69, 9.17) is 15.0 Å². The van der Waals surface area contributed by atoms with E-state index in [1.807, 2.05) is 134 Å². The molecule has 0 aliphatic heterocycles. The van der Waals surface area contributed by atoms with Crippen LogP contribution in [0.2, 0.25) is 0 Å². The maximum absolute atomic E-state index is 10.6. The van der Waals surface area contributed by atoms with Gasteiger partial charge in [0, 0.05) is 67.3 Å². The van der Waals surface area contributed by atoms with E-state index in [2.05, 4.69) is 117 Å². The Morgan fingerprint density at radius 2 is 0.539 bits per heavy atom. The predicted octanol–water partition coefficient (Wildman–Crippen LogP) is 19.4. The lowest BCUT2D eigenvalue weighted by atomic mass is 9.95. The number of pyridine rings is 1. The summed E-state index contributed by atoms with van der Waals surface area (Å²) in [7, 11) is 0. The van der Waals surface area contributed by atoms with Crippen LogP contribution < -0.4 is 0 Å². The summed E-state index contributed by atoms with van der Waals surface area (Å²) in [6, 6.07) is 98.8. The molecule has 0 fully saturated rings. The molecule has 0 amide bonds. The number of nitrogens with zero attached hydrogens (tertiary/aromatic N) is 14. The molecule has 0 N–H and O–H groups in total. The second kappa shape index (κ2) is 25.5. The maximum Gasteiger partial charge on any atom is 0.164 e. The molecule has 4 aromatic heterocycles. The molecule has 0 aliphatic carbocycles. The first kappa shape index (κ1) is 61.2. The zero-order valence-corrected chi connectivity index (χ0v) is 53.7. The van der Waals surface area contributed by atoms with Crippen molar-refractivity contribution < 1.29 is 0 Å². The molecule has 0 atom stereocenters. The van der Waals surface area contributed by atoms with Crippen molar-refractivity contribution in [1.82, 2.24) is 29.1 Å². The van der Waals surface area contributed by atoms with Gasteiger partial charge in [-0.25, -0.2) is 15.0 Å². The highest BCUT2D eigenvalue weighted by Gasteiger charge is 2.26. The minimum atomic E-state index is 0.327. The van der Waals surface area contributed by atoms with Crippen LogP contribution >= 0.6 is 0 Å². The molecule has 102 heavy (non-hydrogen) atoms. The van der Waals surface area contributed by atoms with Gasteiger partial charge in [0.2, 0.25) is 0 Å². The number of aromatic nitrogens is 6. The Kier molecular flexibility index (Phi) is 15.3. The first-order valence-corrected chi connectivity index (χ1v) is 32.2. The summed E-state index contributed by atoms with van der Waals surface area (Å²) in [5, 5.41) is 85.3. The van der Waals surface area contributed by atoms with Crippen LogP contribution in [0.3, 0.4) is 0 Å². The van der Waals surface area contributed by atoms with Crippen LogP contribution in [0, 0.1) is 90.6 Å². The molecule has 14 heteroatoms. The zero-order valence-electron chi connectivity index (χ0n) is 53.7. The Morgan fingerprint density at radius 3 is 0.863 bits per heavy atom.